The molecule has 9 heteroatoms. The summed E-state index contributed by atoms with van der Waals surface area (Å²) < 4.78 is 31.3. The molecule has 2 N–H and O–H groups in total. The number of nitrogens with one attached hydrogen (secondary N) is 2. The fourth-order valence-corrected chi connectivity index (χ4v) is 3.40. The standard InChI is InChI=1S/C15H19N3O5S/c1-10-2-6-13(7-3-10)24(21,22)17-14(19)16-8-12-9-18(11-4-5-11)15(20)23-12/h2-3,6-7,11-12H,4-5,8-9H2,1H3,(H2,16,17,19). The molecular weight excluding hydrogens is 334 g/mol. The van der Waals surface area contributed by atoms with Crippen molar-refractivity contribution in [2.45, 2.75) is 36.8 Å². The summed E-state index contributed by atoms with van der Waals surface area (Å²) in [7, 11) is -3.93. The Labute approximate surface area is 140 Å². The van der Waals surface area contributed by atoms with Crippen LogP contribution in [0.5, 0.6) is 0 Å². The largest absolute Gasteiger partial charge is 0.442 e. The second-order valence-electron chi connectivity index (χ2n) is 6.02. The SMILES string of the molecule is Cc1ccc(S(=O)(=O)NC(=O)NCC2CN(C3CC3)C(=O)O2)cc1. The average molecular weight is 353 g/mol. The molecule has 130 valence electrons. The maximum atomic E-state index is 12.1. The van der Waals surface area contributed by atoms with Crippen LogP contribution in [0, 0.1) is 6.92 Å². The summed E-state index contributed by atoms with van der Waals surface area (Å²) in [5.74, 6) is 0. The van der Waals surface area contributed by atoms with Crippen molar-refractivity contribution in [3.63, 3.8) is 0 Å². The molecule has 1 aliphatic heterocycles. The number of hydrogen-bond acceptors (Lipinski definition) is 5. The Morgan fingerprint density at radius 3 is 2.58 bits per heavy atom. The van der Waals surface area contributed by atoms with Crippen LogP contribution < -0.4 is 10.0 Å². The van der Waals surface area contributed by atoms with E-state index in [1.807, 2.05) is 11.6 Å². The van der Waals surface area contributed by atoms with Gasteiger partial charge in [-0.15, -0.1) is 0 Å². The molecule has 0 bridgehead atoms. The third-order valence-corrected chi connectivity index (χ3v) is 5.29. The Morgan fingerprint density at radius 2 is 1.96 bits per heavy atom. The molecule has 1 aliphatic carbocycles. The monoisotopic (exact) mass is 353 g/mol. The molecule has 8 nitrogen and oxygen atoms in total. The van der Waals surface area contributed by atoms with Gasteiger partial charge in [0, 0.05) is 6.04 Å². The predicted molar refractivity (Wildman–Crippen MR) is 84.9 cm³/mol. The van der Waals surface area contributed by atoms with Crippen molar-refractivity contribution in [2.24, 2.45) is 0 Å². The van der Waals surface area contributed by atoms with Crippen LogP contribution in [0.4, 0.5) is 9.59 Å². The molecule has 1 atom stereocenters. The number of benzene rings is 1. The van der Waals surface area contributed by atoms with Gasteiger partial charge in [0.25, 0.3) is 10.0 Å². The Hall–Kier alpha value is -2.29. The number of aryl methyl sites for hydroxylation is 1. The lowest BCUT2D eigenvalue weighted by Gasteiger charge is -2.12. The predicted octanol–water partition coefficient (Wildman–Crippen LogP) is 0.966. The van der Waals surface area contributed by atoms with Crippen LogP contribution in [-0.4, -0.2) is 50.7 Å². The molecule has 0 radical (unpaired) electrons. The molecular formula is C15H19N3O5S. The average Bonchev–Trinajstić information content (AvgIpc) is 3.28. The summed E-state index contributed by atoms with van der Waals surface area (Å²) in [6.45, 7) is 2.31. The number of hydrogen-bond donors (Lipinski definition) is 2. The normalized spacial score (nSPS) is 20.6. The summed E-state index contributed by atoms with van der Waals surface area (Å²) in [5, 5.41) is 2.43. The van der Waals surface area contributed by atoms with Crippen LogP contribution in [0.15, 0.2) is 29.2 Å². The van der Waals surface area contributed by atoms with E-state index in [2.05, 4.69) is 5.32 Å². The van der Waals surface area contributed by atoms with Crippen molar-refractivity contribution >= 4 is 22.1 Å². The number of carbonyl (C=O) groups is 2. The molecule has 2 aliphatic rings. The number of urea groups is 1. The molecule has 1 aromatic rings. The lowest BCUT2D eigenvalue weighted by Crippen LogP contribution is -2.43. The van der Waals surface area contributed by atoms with E-state index in [9.17, 15) is 18.0 Å². The van der Waals surface area contributed by atoms with Gasteiger partial charge in [-0.25, -0.2) is 22.7 Å². The van der Waals surface area contributed by atoms with E-state index in [0.717, 1.165) is 18.4 Å². The zero-order chi connectivity index (χ0) is 17.3. The van der Waals surface area contributed by atoms with Crippen molar-refractivity contribution in [3.05, 3.63) is 29.8 Å². The summed E-state index contributed by atoms with van der Waals surface area (Å²) in [4.78, 5) is 25.1. The Kier molecular flexibility index (Phi) is 4.35. The maximum absolute atomic E-state index is 12.1. The second kappa shape index (κ2) is 6.31. The minimum atomic E-state index is -3.93. The summed E-state index contributed by atoms with van der Waals surface area (Å²) in [5.41, 5.74) is 0.918. The molecule has 3 rings (SSSR count). The van der Waals surface area contributed by atoms with Gasteiger partial charge in [-0.1, -0.05) is 17.7 Å². The molecule has 1 saturated heterocycles. The number of sulfonamides is 1. The van der Waals surface area contributed by atoms with E-state index >= 15 is 0 Å². The van der Waals surface area contributed by atoms with Crippen LogP contribution in [0.1, 0.15) is 18.4 Å². The minimum Gasteiger partial charge on any atom is -0.442 e. The Bertz CT molecular complexity index is 743. The van der Waals surface area contributed by atoms with Gasteiger partial charge in [-0.2, -0.15) is 0 Å². The molecule has 24 heavy (non-hydrogen) atoms. The number of carbonyl (C=O) groups excluding carboxylic acids is 2. The molecule has 0 aromatic heterocycles. The van der Waals surface area contributed by atoms with Crippen molar-refractivity contribution in [1.82, 2.24) is 14.9 Å². The first-order valence-electron chi connectivity index (χ1n) is 7.70. The second-order valence-corrected chi connectivity index (χ2v) is 7.70. The maximum Gasteiger partial charge on any atom is 0.410 e. The van der Waals surface area contributed by atoms with Crippen molar-refractivity contribution in [3.8, 4) is 0 Å². The van der Waals surface area contributed by atoms with Gasteiger partial charge >= 0.3 is 12.1 Å². The van der Waals surface area contributed by atoms with E-state index in [0.29, 0.717) is 6.54 Å². The van der Waals surface area contributed by atoms with E-state index in [-0.39, 0.29) is 23.6 Å². The minimum absolute atomic E-state index is 0.00968. The van der Waals surface area contributed by atoms with E-state index in [4.69, 9.17) is 4.74 Å². The van der Waals surface area contributed by atoms with E-state index in [1.165, 1.54) is 12.1 Å². The van der Waals surface area contributed by atoms with Gasteiger partial charge in [-0.3, -0.25) is 0 Å². The smallest absolute Gasteiger partial charge is 0.410 e. The topological polar surface area (TPSA) is 105 Å². The van der Waals surface area contributed by atoms with Gasteiger partial charge in [0.15, 0.2) is 0 Å². The van der Waals surface area contributed by atoms with Crippen molar-refractivity contribution < 1.29 is 22.7 Å². The van der Waals surface area contributed by atoms with Crippen LogP contribution in [0.3, 0.4) is 0 Å². The molecule has 1 aromatic carbocycles. The van der Waals surface area contributed by atoms with Crippen LogP contribution in [-0.2, 0) is 14.8 Å². The fourth-order valence-electron chi connectivity index (χ4n) is 2.47. The zero-order valence-electron chi connectivity index (χ0n) is 13.2. The van der Waals surface area contributed by atoms with Crippen molar-refractivity contribution in [2.75, 3.05) is 13.1 Å². The third kappa shape index (κ3) is 3.78. The lowest BCUT2D eigenvalue weighted by molar-refractivity contribution is 0.131. The number of amides is 3. The quantitative estimate of drug-likeness (QED) is 0.820. The van der Waals surface area contributed by atoms with Gasteiger partial charge in [0.2, 0.25) is 0 Å². The van der Waals surface area contributed by atoms with Crippen LogP contribution in [0.25, 0.3) is 0 Å². The van der Waals surface area contributed by atoms with E-state index in [1.54, 1.807) is 17.0 Å². The summed E-state index contributed by atoms with van der Waals surface area (Å²) >= 11 is 0. The zero-order valence-corrected chi connectivity index (χ0v) is 14.0. The molecule has 2 fully saturated rings. The van der Waals surface area contributed by atoms with E-state index < -0.39 is 22.2 Å². The molecule has 3 amide bonds. The Balaban J connectivity index is 1.50. The Morgan fingerprint density at radius 1 is 1.29 bits per heavy atom. The van der Waals surface area contributed by atoms with Gasteiger partial charge in [-0.05, 0) is 31.9 Å². The van der Waals surface area contributed by atoms with Gasteiger partial charge in [0.1, 0.15) is 6.10 Å². The molecule has 1 unspecified atom stereocenters. The summed E-state index contributed by atoms with van der Waals surface area (Å²) in [6, 6.07) is 5.55. The molecule has 0 spiro atoms. The molecule has 1 saturated carbocycles. The summed E-state index contributed by atoms with van der Waals surface area (Å²) in [6.07, 6.45) is 1.11. The molecule has 1 heterocycles. The first kappa shape index (κ1) is 16.6. The number of cyclic esters (lactones) is 1. The third-order valence-electron chi connectivity index (χ3n) is 3.94. The number of nitrogens with zero attached hydrogens (tertiary/aromatic N) is 1. The first-order chi connectivity index (χ1) is 11.3. The highest BCUT2D eigenvalue weighted by Gasteiger charge is 2.40. The van der Waals surface area contributed by atoms with Crippen LogP contribution in [0.2, 0.25) is 0 Å². The lowest BCUT2D eigenvalue weighted by atomic mass is 10.2. The highest BCUT2D eigenvalue weighted by atomic mass is 32.2. The van der Waals surface area contributed by atoms with Crippen molar-refractivity contribution in [1.29, 1.82) is 0 Å². The highest BCUT2D eigenvalue weighted by Crippen LogP contribution is 2.30. The highest BCUT2D eigenvalue weighted by molar-refractivity contribution is 7.90. The van der Waals surface area contributed by atoms with Gasteiger partial charge in [0.05, 0.1) is 18.0 Å². The number of rotatable bonds is 5. The van der Waals surface area contributed by atoms with Gasteiger partial charge < -0.3 is 15.0 Å². The fraction of sp³-hybridized carbons (Fsp3) is 0.467. The van der Waals surface area contributed by atoms with Crippen LogP contribution >= 0.6 is 0 Å². The first-order valence-corrected chi connectivity index (χ1v) is 9.18. The number of ether oxygens (including phenoxy) is 1.